The van der Waals surface area contributed by atoms with Gasteiger partial charge in [0.2, 0.25) is 0 Å². The Morgan fingerprint density at radius 1 is 1.33 bits per heavy atom. The Bertz CT molecular complexity index is 233. The average molecular weight is 212 g/mol. The molecule has 86 valence electrons. The van der Waals surface area contributed by atoms with Crippen molar-refractivity contribution in [3.8, 4) is 0 Å². The van der Waals surface area contributed by atoms with E-state index >= 15 is 0 Å². The molecule has 0 aromatic carbocycles. The summed E-state index contributed by atoms with van der Waals surface area (Å²) < 4.78 is 0. The topological polar surface area (TPSA) is 43.8 Å². The van der Waals surface area contributed by atoms with Crippen molar-refractivity contribution >= 4 is 5.97 Å². The smallest absolute Gasteiger partial charge is 0.307 e. The molecule has 1 aliphatic carbocycles. The lowest BCUT2D eigenvalue weighted by Crippen LogP contribution is -2.48. The summed E-state index contributed by atoms with van der Waals surface area (Å²) in [6, 6.07) is 0.851. The maximum Gasteiger partial charge on any atom is 0.307 e. The second-order valence-corrected chi connectivity index (χ2v) is 4.81. The first-order valence-electron chi connectivity index (χ1n) is 5.86. The van der Waals surface area contributed by atoms with Gasteiger partial charge < -0.3 is 5.11 Å². The van der Waals surface area contributed by atoms with Gasteiger partial charge in [0.25, 0.3) is 0 Å². The first-order chi connectivity index (χ1) is 7.16. The summed E-state index contributed by atoms with van der Waals surface area (Å²) in [5, 5.41) is 8.83. The predicted octanol–water partition coefficient (Wildman–Crippen LogP) is 0.487. The monoisotopic (exact) mass is 212 g/mol. The summed E-state index contributed by atoms with van der Waals surface area (Å²) in [6.45, 7) is 6.81. The molecule has 4 nitrogen and oxygen atoms in total. The molecule has 0 amide bonds. The van der Waals surface area contributed by atoms with E-state index in [2.05, 4.69) is 9.80 Å². The van der Waals surface area contributed by atoms with E-state index in [-0.39, 0.29) is 5.92 Å². The molecule has 0 aromatic heterocycles. The molecule has 2 fully saturated rings. The van der Waals surface area contributed by atoms with Crippen molar-refractivity contribution in [2.45, 2.75) is 25.8 Å². The van der Waals surface area contributed by atoms with Crippen LogP contribution in [0.5, 0.6) is 0 Å². The van der Waals surface area contributed by atoms with Gasteiger partial charge in [-0.05, 0) is 12.8 Å². The zero-order chi connectivity index (χ0) is 10.8. The molecule has 0 aromatic rings. The zero-order valence-corrected chi connectivity index (χ0v) is 9.35. The molecule has 0 bridgehead atoms. The molecule has 1 saturated carbocycles. The molecule has 1 N–H and O–H groups in total. The predicted molar refractivity (Wildman–Crippen MR) is 57.8 cm³/mol. The van der Waals surface area contributed by atoms with E-state index in [0.717, 1.165) is 32.2 Å². The molecule has 1 unspecified atom stereocenters. The summed E-state index contributed by atoms with van der Waals surface area (Å²) in [5.41, 5.74) is 0. The minimum Gasteiger partial charge on any atom is -0.481 e. The van der Waals surface area contributed by atoms with Crippen LogP contribution in [0.1, 0.15) is 19.8 Å². The SMILES string of the molecule is CC(CN1CCN(C2CC2)CC1)C(=O)O. The fourth-order valence-electron chi connectivity index (χ4n) is 2.22. The molecular formula is C11H20N2O2. The van der Waals surface area contributed by atoms with Crippen LogP contribution in [0, 0.1) is 5.92 Å². The molecule has 2 rings (SSSR count). The summed E-state index contributed by atoms with van der Waals surface area (Å²) in [5.74, 6) is -0.919. The molecule has 1 heterocycles. The van der Waals surface area contributed by atoms with Crippen LogP contribution in [-0.2, 0) is 4.79 Å². The van der Waals surface area contributed by atoms with E-state index in [0.29, 0.717) is 6.54 Å². The lowest BCUT2D eigenvalue weighted by atomic mass is 10.1. The number of carboxylic acid groups (broad SMARTS) is 1. The fourth-order valence-corrected chi connectivity index (χ4v) is 2.22. The number of piperazine rings is 1. The number of carboxylic acids is 1. The maximum atomic E-state index is 10.7. The second kappa shape index (κ2) is 4.49. The molecule has 15 heavy (non-hydrogen) atoms. The Hall–Kier alpha value is -0.610. The first-order valence-corrected chi connectivity index (χ1v) is 5.86. The van der Waals surface area contributed by atoms with Gasteiger partial charge in [0.05, 0.1) is 5.92 Å². The summed E-state index contributed by atoms with van der Waals surface area (Å²) in [7, 11) is 0. The second-order valence-electron chi connectivity index (χ2n) is 4.81. The van der Waals surface area contributed by atoms with Crippen LogP contribution in [0.3, 0.4) is 0 Å². The third kappa shape index (κ3) is 2.92. The minimum absolute atomic E-state index is 0.238. The van der Waals surface area contributed by atoms with E-state index in [9.17, 15) is 4.79 Å². The number of nitrogens with zero attached hydrogens (tertiary/aromatic N) is 2. The number of hydrogen-bond acceptors (Lipinski definition) is 3. The Balaban J connectivity index is 1.70. The van der Waals surface area contributed by atoms with E-state index in [4.69, 9.17) is 5.11 Å². The van der Waals surface area contributed by atoms with Crippen molar-refractivity contribution in [1.29, 1.82) is 0 Å². The highest BCUT2D eigenvalue weighted by Crippen LogP contribution is 2.27. The van der Waals surface area contributed by atoms with Gasteiger partial charge >= 0.3 is 5.97 Å². The fraction of sp³-hybridized carbons (Fsp3) is 0.909. The van der Waals surface area contributed by atoms with Crippen molar-refractivity contribution in [2.75, 3.05) is 32.7 Å². The third-order valence-electron chi connectivity index (χ3n) is 3.42. The maximum absolute atomic E-state index is 10.7. The molecule has 1 aliphatic heterocycles. The minimum atomic E-state index is -0.681. The highest BCUT2D eigenvalue weighted by molar-refractivity contribution is 5.69. The quantitative estimate of drug-likeness (QED) is 0.736. The third-order valence-corrected chi connectivity index (χ3v) is 3.42. The lowest BCUT2D eigenvalue weighted by Gasteiger charge is -2.35. The van der Waals surface area contributed by atoms with Crippen molar-refractivity contribution in [3.05, 3.63) is 0 Å². The Labute approximate surface area is 90.9 Å². The largest absolute Gasteiger partial charge is 0.481 e. The van der Waals surface area contributed by atoms with E-state index in [1.807, 2.05) is 0 Å². The van der Waals surface area contributed by atoms with Crippen LogP contribution >= 0.6 is 0 Å². The van der Waals surface area contributed by atoms with Gasteiger partial charge in [-0.3, -0.25) is 14.6 Å². The van der Waals surface area contributed by atoms with E-state index in [1.165, 1.54) is 12.8 Å². The van der Waals surface area contributed by atoms with Gasteiger partial charge in [-0.1, -0.05) is 6.92 Å². The van der Waals surface area contributed by atoms with Crippen molar-refractivity contribution in [1.82, 2.24) is 9.80 Å². The number of rotatable bonds is 4. The van der Waals surface area contributed by atoms with Crippen molar-refractivity contribution < 1.29 is 9.90 Å². The lowest BCUT2D eigenvalue weighted by molar-refractivity contribution is -0.141. The number of hydrogen-bond donors (Lipinski definition) is 1. The van der Waals surface area contributed by atoms with Crippen molar-refractivity contribution in [3.63, 3.8) is 0 Å². The van der Waals surface area contributed by atoms with Crippen LogP contribution in [0.25, 0.3) is 0 Å². The highest BCUT2D eigenvalue weighted by atomic mass is 16.4. The van der Waals surface area contributed by atoms with Gasteiger partial charge in [-0.15, -0.1) is 0 Å². The van der Waals surface area contributed by atoms with Gasteiger partial charge in [-0.25, -0.2) is 0 Å². The Morgan fingerprint density at radius 2 is 1.93 bits per heavy atom. The standard InChI is InChI=1S/C11H20N2O2/c1-9(11(14)15)8-12-4-6-13(7-5-12)10-2-3-10/h9-10H,2-8H2,1H3,(H,14,15). The summed E-state index contributed by atoms with van der Waals surface area (Å²) in [6.07, 6.45) is 2.73. The molecule has 4 heteroatoms. The first kappa shape index (κ1) is 10.9. The number of carbonyl (C=O) groups is 1. The zero-order valence-electron chi connectivity index (χ0n) is 9.35. The Kier molecular flexibility index (Phi) is 3.26. The molecule has 0 radical (unpaired) electrons. The van der Waals surface area contributed by atoms with Crippen LogP contribution < -0.4 is 0 Å². The van der Waals surface area contributed by atoms with Gasteiger partial charge in [0, 0.05) is 38.8 Å². The molecule has 0 spiro atoms. The van der Waals surface area contributed by atoms with E-state index in [1.54, 1.807) is 6.92 Å². The molecule has 1 atom stereocenters. The average Bonchev–Trinajstić information content (AvgIpc) is 3.02. The van der Waals surface area contributed by atoms with Gasteiger partial charge in [0.1, 0.15) is 0 Å². The van der Waals surface area contributed by atoms with Gasteiger partial charge in [0.15, 0.2) is 0 Å². The molecule has 2 aliphatic rings. The highest BCUT2D eigenvalue weighted by Gasteiger charge is 2.31. The number of aliphatic carboxylic acids is 1. The van der Waals surface area contributed by atoms with Crippen LogP contribution in [-0.4, -0.2) is 59.6 Å². The Morgan fingerprint density at radius 3 is 2.40 bits per heavy atom. The van der Waals surface area contributed by atoms with Crippen LogP contribution in [0.15, 0.2) is 0 Å². The summed E-state index contributed by atoms with van der Waals surface area (Å²) >= 11 is 0. The van der Waals surface area contributed by atoms with E-state index < -0.39 is 5.97 Å². The summed E-state index contributed by atoms with van der Waals surface area (Å²) in [4.78, 5) is 15.5. The molecular weight excluding hydrogens is 192 g/mol. The van der Waals surface area contributed by atoms with Crippen molar-refractivity contribution in [2.24, 2.45) is 5.92 Å². The van der Waals surface area contributed by atoms with Gasteiger partial charge in [-0.2, -0.15) is 0 Å². The van der Waals surface area contributed by atoms with Crippen LogP contribution in [0.4, 0.5) is 0 Å². The molecule has 1 saturated heterocycles. The van der Waals surface area contributed by atoms with Crippen LogP contribution in [0.2, 0.25) is 0 Å². The normalized spacial score (nSPS) is 26.5.